The number of guanidine groups is 1. The van der Waals surface area contributed by atoms with Crippen LogP contribution in [-0.2, 0) is 0 Å². The van der Waals surface area contributed by atoms with Crippen molar-refractivity contribution >= 4 is 11.6 Å². The summed E-state index contributed by atoms with van der Waals surface area (Å²) in [6, 6.07) is 8.19. The maximum atomic E-state index is 6.34. The Morgan fingerprint density at radius 1 is 1.29 bits per heavy atom. The van der Waals surface area contributed by atoms with Crippen LogP contribution >= 0.6 is 0 Å². The van der Waals surface area contributed by atoms with Crippen LogP contribution in [0, 0.1) is 6.92 Å². The fourth-order valence-corrected chi connectivity index (χ4v) is 2.20. The third-order valence-electron chi connectivity index (χ3n) is 3.41. The van der Waals surface area contributed by atoms with Crippen LogP contribution in [0.25, 0.3) is 0 Å². The fraction of sp³-hybridized carbons (Fsp3) is 0.438. The minimum Gasteiger partial charge on any atom is -0.333 e. The monoisotopic (exact) mass is 287 g/mol. The molecule has 0 fully saturated rings. The first kappa shape index (κ1) is 15.5. The smallest absolute Gasteiger partial charge is 0.202 e. The van der Waals surface area contributed by atoms with Gasteiger partial charge in [0, 0.05) is 11.9 Å². The van der Waals surface area contributed by atoms with Crippen LogP contribution in [0.2, 0.25) is 0 Å². The van der Waals surface area contributed by atoms with E-state index >= 15 is 0 Å². The van der Waals surface area contributed by atoms with Crippen molar-refractivity contribution in [2.45, 2.75) is 25.4 Å². The number of hydrogen-bond donors (Lipinski definition) is 3. The topological polar surface area (TPSA) is 65.7 Å². The number of rotatable bonds is 5. The molecule has 0 saturated heterocycles. The second kappa shape index (κ2) is 6.74. The third kappa shape index (κ3) is 4.88. The highest BCUT2D eigenvalue weighted by atomic mass is 15.2. The van der Waals surface area contributed by atoms with Gasteiger partial charge in [0.2, 0.25) is 5.96 Å². The van der Waals surface area contributed by atoms with Gasteiger partial charge in [-0.3, -0.25) is 0 Å². The Balaban J connectivity index is 1.98. The van der Waals surface area contributed by atoms with Crippen LogP contribution in [0.3, 0.4) is 0 Å². The summed E-state index contributed by atoms with van der Waals surface area (Å²) in [6.07, 6.45) is 5.61. The molecule has 0 saturated carbocycles. The van der Waals surface area contributed by atoms with Gasteiger partial charge in [0.05, 0.1) is 0 Å². The zero-order chi connectivity index (χ0) is 15.3. The van der Waals surface area contributed by atoms with Crippen molar-refractivity contribution in [2.75, 3.05) is 26.0 Å². The van der Waals surface area contributed by atoms with Crippen LogP contribution < -0.4 is 16.4 Å². The number of hydrogen-bond acceptors (Lipinski definition) is 5. The van der Waals surface area contributed by atoms with Crippen LogP contribution in [0.15, 0.2) is 41.5 Å². The molecule has 0 amide bonds. The molecule has 1 aliphatic heterocycles. The largest absolute Gasteiger partial charge is 0.333 e. The third-order valence-corrected chi connectivity index (χ3v) is 3.41. The zero-order valence-electron chi connectivity index (χ0n) is 13.1. The average molecular weight is 287 g/mol. The van der Waals surface area contributed by atoms with Crippen molar-refractivity contribution in [3.05, 3.63) is 42.1 Å². The first-order valence-electron chi connectivity index (χ1n) is 7.28. The maximum absolute atomic E-state index is 6.34. The minimum absolute atomic E-state index is 0.631. The molecule has 2 rings (SSSR count). The quantitative estimate of drug-likeness (QED) is 0.773. The van der Waals surface area contributed by atoms with Crippen LogP contribution in [0.5, 0.6) is 0 Å². The zero-order valence-corrected chi connectivity index (χ0v) is 13.1. The average Bonchev–Trinajstić information content (AvgIpc) is 2.41. The van der Waals surface area contributed by atoms with E-state index < -0.39 is 5.66 Å². The molecule has 0 aromatic heterocycles. The number of aliphatic imine (C=N–C) groups is 1. The van der Waals surface area contributed by atoms with E-state index in [4.69, 9.17) is 5.73 Å². The van der Waals surface area contributed by atoms with Crippen molar-refractivity contribution in [1.82, 2.24) is 10.2 Å². The van der Waals surface area contributed by atoms with Gasteiger partial charge in [0.1, 0.15) is 5.66 Å². The number of anilines is 1. The first-order valence-corrected chi connectivity index (χ1v) is 7.28. The summed E-state index contributed by atoms with van der Waals surface area (Å²) >= 11 is 0. The molecule has 5 heteroatoms. The van der Waals surface area contributed by atoms with Crippen molar-refractivity contribution in [1.29, 1.82) is 0 Å². The number of aryl methyl sites for hydroxylation is 1. The van der Waals surface area contributed by atoms with E-state index in [1.807, 2.05) is 24.4 Å². The summed E-state index contributed by atoms with van der Waals surface area (Å²) in [7, 11) is 4.13. The molecule has 1 aliphatic rings. The molecule has 5 nitrogen and oxygen atoms in total. The summed E-state index contributed by atoms with van der Waals surface area (Å²) in [5, 5.41) is 6.36. The second-order valence-electron chi connectivity index (χ2n) is 5.83. The Hall–Kier alpha value is -1.85. The Morgan fingerprint density at radius 2 is 2.00 bits per heavy atom. The van der Waals surface area contributed by atoms with Gasteiger partial charge in [-0.2, -0.15) is 0 Å². The molecule has 0 bridgehead atoms. The fourth-order valence-electron chi connectivity index (χ4n) is 2.20. The summed E-state index contributed by atoms with van der Waals surface area (Å²) in [5.41, 5.74) is 7.94. The first-order chi connectivity index (χ1) is 9.97. The van der Waals surface area contributed by atoms with Gasteiger partial charge in [-0.25, -0.2) is 4.99 Å². The molecule has 21 heavy (non-hydrogen) atoms. The summed E-state index contributed by atoms with van der Waals surface area (Å²) in [5.74, 6) is 0.689. The normalized spacial score (nSPS) is 21.1. The lowest BCUT2D eigenvalue weighted by atomic mass is 10.0. The van der Waals surface area contributed by atoms with Gasteiger partial charge in [0.15, 0.2) is 0 Å². The molecule has 1 aromatic carbocycles. The number of nitrogens with two attached hydrogens (primary N) is 1. The van der Waals surface area contributed by atoms with Gasteiger partial charge in [-0.05, 0) is 58.6 Å². The number of nitrogens with zero attached hydrogens (tertiary/aromatic N) is 2. The van der Waals surface area contributed by atoms with Gasteiger partial charge < -0.3 is 21.3 Å². The summed E-state index contributed by atoms with van der Waals surface area (Å²) in [4.78, 5) is 6.75. The number of nitrogens with one attached hydrogen (secondary N) is 2. The molecule has 114 valence electrons. The Kier molecular flexibility index (Phi) is 4.98. The van der Waals surface area contributed by atoms with Gasteiger partial charge in [0.25, 0.3) is 0 Å². The van der Waals surface area contributed by atoms with Gasteiger partial charge in [-0.1, -0.05) is 17.7 Å². The van der Waals surface area contributed by atoms with E-state index in [1.165, 1.54) is 5.56 Å². The Labute approximate surface area is 126 Å². The van der Waals surface area contributed by atoms with E-state index in [9.17, 15) is 0 Å². The lowest BCUT2D eigenvalue weighted by molar-refractivity contribution is 0.367. The standard InChI is InChI=1S/C16H25N5/c1-13-5-7-14(8-6-13)19-15-18-11-10-16(17,20-15)9-4-12-21(2)3/h5-8,10-11H,4,9,12,17H2,1-3H3,(H2,18,19,20). The second-order valence-corrected chi connectivity index (χ2v) is 5.83. The van der Waals surface area contributed by atoms with Crippen LogP contribution in [-0.4, -0.2) is 37.2 Å². The van der Waals surface area contributed by atoms with E-state index in [0.29, 0.717) is 5.96 Å². The lowest BCUT2D eigenvalue weighted by Gasteiger charge is -2.27. The van der Waals surface area contributed by atoms with E-state index in [0.717, 1.165) is 25.1 Å². The SMILES string of the molecule is Cc1ccc(NC2=NC(N)(CCCN(C)C)C=CN2)cc1. The molecule has 0 spiro atoms. The molecule has 0 aliphatic carbocycles. The van der Waals surface area contributed by atoms with E-state index in [1.54, 1.807) is 0 Å². The molecule has 0 radical (unpaired) electrons. The van der Waals surface area contributed by atoms with Gasteiger partial charge in [-0.15, -0.1) is 0 Å². The van der Waals surface area contributed by atoms with Crippen molar-refractivity contribution in [3.8, 4) is 0 Å². The van der Waals surface area contributed by atoms with Crippen molar-refractivity contribution < 1.29 is 0 Å². The molecule has 1 aromatic rings. The highest BCUT2D eigenvalue weighted by Gasteiger charge is 2.23. The van der Waals surface area contributed by atoms with E-state index in [-0.39, 0.29) is 0 Å². The van der Waals surface area contributed by atoms with Crippen LogP contribution in [0.1, 0.15) is 18.4 Å². The molecule has 1 unspecified atom stereocenters. The maximum Gasteiger partial charge on any atom is 0.202 e. The highest BCUT2D eigenvalue weighted by molar-refractivity contribution is 5.95. The van der Waals surface area contributed by atoms with E-state index in [2.05, 4.69) is 53.7 Å². The Morgan fingerprint density at radius 3 is 2.67 bits per heavy atom. The molecule has 1 heterocycles. The summed E-state index contributed by atoms with van der Waals surface area (Å²) in [6.45, 7) is 3.08. The highest BCUT2D eigenvalue weighted by Crippen LogP contribution is 2.17. The molecule has 1 atom stereocenters. The lowest BCUT2D eigenvalue weighted by Crippen LogP contribution is -2.44. The predicted octanol–water partition coefficient (Wildman–Crippen LogP) is 1.88. The van der Waals surface area contributed by atoms with Crippen molar-refractivity contribution in [2.24, 2.45) is 10.7 Å². The number of benzene rings is 1. The minimum atomic E-state index is -0.631. The molecular formula is C16H25N5. The molecule has 4 N–H and O–H groups in total. The predicted molar refractivity (Wildman–Crippen MR) is 89.2 cm³/mol. The van der Waals surface area contributed by atoms with Gasteiger partial charge >= 0.3 is 0 Å². The summed E-state index contributed by atoms with van der Waals surface area (Å²) < 4.78 is 0. The Bertz CT molecular complexity index is 518. The van der Waals surface area contributed by atoms with Crippen molar-refractivity contribution in [3.63, 3.8) is 0 Å². The van der Waals surface area contributed by atoms with Crippen LogP contribution in [0.4, 0.5) is 5.69 Å². The molecular weight excluding hydrogens is 262 g/mol.